The Hall–Kier alpha value is -2.92. The van der Waals surface area contributed by atoms with Crippen molar-refractivity contribution in [1.82, 2.24) is 9.97 Å². The molecule has 23 heavy (non-hydrogen) atoms. The maximum atomic E-state index is 12.3. The molecule has 0 spiro atoms. The number of methoxy groups -OCH3 is 1. The molecule has 0 fully saturated rings. The van der Waals surface area contributed by atoms with Crippen LogP contribution in [-0.2, 0) is 10.0 Å². The van der Waals surface area contributed by atoms with Gasteiger partial charge in [-0.1, -0.05) is 0 Å². The molecular weight excluding hydrogens is 326 g/mol. The van der Waals surface area contributed by atoms with E-state index in [1.807, 2.05) is 0 Å². The van der Waals surface area contributed by atoms with E-state index < -0.39 is 21.5 Å². The summed E-state index contributed by atoms with van der Waals surface area (Å²) in [7, 11) is -2.69. The standard InChI is InChI=1S/C12H13N5O5S/c1-22-8-4-6(23(14,20)21)2-3-7(8)11(18)17-9-10(13)15-5-16-12(9)19/h2-5H,1H3,(H,17,18)(H2,14,20,21)(H3,13,15,16,19). The summed E-state index contributed by atoms with van der Waals surface area (Å²) < 4.78 is 27.6. The fraction of sp³-hybridized carbons (Fsp3) is 0.0833. The molecule has 0 atom stereocenters. The fourth-order valence-electron chi connectivity index (χ4n) is 1.75. The largest absolute Gasteiger partial charge is 0.496 e. The number of amides is 1. The Kier molecular flexibility index (Phi) is 4.33. The number of carbonyl (C=O) groups excluding carboxylic acids is 1. The third kappa shape index (κ3) is 3.46. The maximum absolute atomic E-state index is 12.3. The van der Waals surface area contributed by atoms with Gasteiger partial charge in [-0.25, -0.2) is 18.5 Å². The Bertz CT molecular complexity index is 922. The molecule has 2 aromatic rings. The third-order valence-corrected chi connectivity index (χ3v) is 3.78. The van der Waals surface area contributed by atoms with Gasteiger partial charge in [0.2, 0.25) is 10.0 Å². The van der Waals surface area contributed by atoms with Gasteiger partial charge >= 0.3 is 0 Å². The first-order valence-electron chi connectivity index (χ1n) is 6.09. The van der Waals surface area contributed by atoms with Crippen molar-refractivity contribution in [3.05, 3.63) is 40.4 Å². The summed E-state index contributed by atoms with van der Waals surface area (Å²) in [6.07, 6.45) is 1.09. The SMILES string of the molecule is COc1cc(S(N)(=O)=O)ccc1C(=O)Nc1c(N)nc[nH]c1=O. The van der Waals surface area contributed by atoms with Crippen LogP contribution in [0, 0.1) is 0 Å². The van der Waals surface area contributed by atoms with Crippen molar-refractivity contribution in [2.75, 3.05) is 18.2 Å². The summed E-state index contributed by atoms with van der Waals surface area (Å²) in [5.41, 5.74) is 4.65. The summed E-state index contributed by atoms with van der Waals surface area (Å²) in [5.74, 6) is -0.928. The van der Waals surface area contributed by atoms with Crippen molar-refractivity contribution < 1.29 is 17.9 Å². The van der Waals surface area contributed by atoms with Crippen LogP contribution >= 0.6 is 0 Å². The molecule has 0 radical (unpaired) electrons. The maximum Gasteiger partial charge on any atom is 0.276 e. The fourth-order valence-corrected chi connectivity index (χ4v) is 2.28. The second-order valence-electron chi connectivity index (χ2n) is 4.35. The highest BCUT2D eigenvalue weighted by Gasteiger charge is 2.18. The van der Waals surface area contributed by atoms with Crippen molar-refractivity contribution in [2.24, 2.45) is 5.14 Å². The van der Waals surface area contributed by atoms with Gasteiger partial charge in [0.05, 0.1) is 23.9 Å². The van der Waals surface area contributed by atoms with E-state index in [0.29, 0.717) is 0 Å². The van der Waals surface area contributed by atoms with Crippen LogP contribution in [0.3, 0.4) is 0 Å². The molecule has 0 aliphatic heterocycles. The highest BCUT2D eigenvalue weighted by atomic mass is 32.2. The van der Waals surface area contributed by atoms with Crippen LogP contribution in [0.15, 0.2) is 34.2 Å². The van der Waals surface area contributed by atoms with E-state index >= 15 is 0 Å². The number of nitrogen functional groups attached to an aromatic ring is 1. The quantitative estimate of drug-likeness (QED) is 0.568. The summed E-state index contributed by atoms with van der Waals surface area (Å²) in [6, 6.07) is 3.44. The van der Waals surface area contributed by atoms with E-state index in [1.54, 1.807) is 0 Å². The first kappa shape index (κ1) is 16.5. The lowest BCUT2D eigenvalue weighted by atomic mass is 10.2. The predicted octanol–water partition coefficient (Wildman–Crippen LogP) is -0.740. The van der Waals surface area contributed by atoms with E-state index in [4.69, 9.17) is 15.6 Å². The van der Waals surface area contributed by atoms with Gasteiger partial charge < -0.3 is 20.8 Å². The molecule has 1 aromatic heterocycles. The molecule has 10 nitrogen and oxygen atoms in total. The Morgan fingerprint density at radius 2 is 2.09 bits per heavy atom. The number of primary sulfonamides is 1. The Balaban J connectivity index is 2.42. The van der Waals surface area contributed by atoms with Crippen molar-refractivity contribution >= 4 is 27.4 Å². The minimum atomic E-state index is -3.95. The zero-order valence-electron chi connectivity index (χ0n) is 11.9. The summed E-state index contributed by atoms with van der Waals surface area (Å²) >= 11 is 0. The van der Waals surface area contributed by atoms with E-state index in [0.717, 1.165) is 18.5 Å². The van der Waals surface area contributed by atoms with Gasteiger partial charge in [-0.2, -0.15) is 0 Å². The predicted molar refractivity (Wildman–Crippen MR) is 81.6 cm³/mol. The highest BCUT2D eigenvalue weighted by Crippen LogP contribution is 2.23. The number of ether oxygens (including phenoxy) is 1. The number of aromatic amines is 1. The molecule has 1 amide bonds. The number of benzene rings is 1. The number of hydrogen-bond donors (Lipinski definition) is 4. The van der Waals surface area contributed by atoms with Crippen molar-refractivity contribution in [3.8, 4) is 5.75 Å². The molecular formula is C12H13N5O5S. The number of nitrogens with two attached hydrogens (primary N) is 2. The minimum Gasteiger partial charge on any atom is -0.496 e. The second-order valence-corrected chi connectivity index (χ2v) is 5.91. The van der Waals surface area contributed by atoms with Gasteiger partial charge in [-0.05, 0) is 12.1 Å². The van der Waals surface area contributed by atoms with Gasteiger partial charge in [0, 0.05) is 6.07 Å². The number of sulfonamides is 1. The van der Waals surface area contributed by atoms with Crippen LogP contribution in [0.25, 0.3) is 0 Å². The lowest BCUT2D eigenvalue weighted by Crippen LogP contribution is -2.22. The molecule has 0 saturated heterocycles. The number of aromatic nitrogens is 2. The molecule has 122 valence electrons. The number of hydrogen-bond acceptors (Lipinski definition) is 7. The average Bonchev–Trinajstić information content (AvgIpc) is 2.49. The zero-order chi connectivity index (χ0) is 17.2. The van der Waals surface area contributed by atoms with Crippen molar-refractivity contribution in [3.63, 3.8) is 0 Å². The second kappa shape index (κ2) is 6.06. The van der Waals surface area contributed by atoms with Crippen molar-refractivity contribution in [2.45, 2.75) is 4.90 Å². The number of H-pyrrole nitrogens is 1. The summed E-state index contributed by atoms with van der Waals surface area (Å²) in [6.45, 7) is 0. The van der Waals surface area contributed by atoms with Gasteiger partial charge in [0.1, 0.15) is 11.4 Å². The zero-order valence-corrected chi connectivity index (χ0v) is 12.7. The molecule has 11 heteroatoms. The number of nitrogens with zero attached hydrogens (tertiary/aromatic N) is 1. The van der Waals surface area contributed by atoms with Crippen LogP contribution in [0.4, 0.5) is 11.5 Å². The van der Waals surface area contributed by atoms with Crippen LogP contribution in [0.1, 0.15) is 10.4 Å². The molecule has 1 aromatic carbocycles. The smallest absolute Gasteiger partial charge is 0.276 e. The van der Waals surface area contributed by atoms with Gasteiger partial charge in [0.25, 0.3) is 11.5 Å². The van der Waals surface area contributed by atoms with Crippen LogP contribution in [0.2, 0.25) is 0 Å². The van der Waals surface area contributed by atoms with Gasteiger partial charge in [0.15, 0.2) is 5.82 Å². The third-order valence-electron chi connectivity index (χ3n) is 2.87. The van der Waals surface area contributed by atoms with E-state index in [-0.39, 0.29) is 27.7 Å². The van der Waals surface area contributed by atoms with Gasteiger partial charge in [-0.3, -0.25) is 9.59 Å². The summed E-state index contributed by atoms with van der Waals surface area (Å²) in [5, 5.41) is 7.31. The number of anilines is 2. The topological polar surface area (TPSA) is 170 Å². The van der Waals surface area contributed by atoms with Crippen LogP contribution in [-0.4, -0.2) is 31.4 Å². The number of carbonyl (C=O) groups is 1. The lowest BCUT2D eigenvalue weighted by Gasteiger charge is -2.11. The molecule has 6 N–H and O–H groups in total. The molecule has 1 heterocycles. The monoisotopic (exact) mass is 339 g/mol. The highest BCUT2D eigenvalue weighted by molar-refractivity contribution is 7.89. The minimum absolute atomic E-state index is 0.0115. The first-order chi connectivity index (χ1) is 10.7. The van der Waals surface area contributed by atoms with Gasteiger partial charge in [-0.15, -0.1) is 0 Å². The average molecular weight is 339 g/mol. The van der Waals surface area contributed by atoms with E-state index in [9.17, 15) is 18.0 Å². The Labute approximate surface area is 130 Å². The Morgan fingerprint density at radius 1 is 1.39 bits per heavy atom. The van der Waals surface area contributed by atoms with Crippen molar-refractivity contribution in [1.29, 1.82) is 0 Å². The molecule has 0 aliphatic rings. The summed E-state index contributed by atoms with van der Waals surface area (Å²) in [4.78, 5) is 29.6. The molecule has 0 aliphatic carbocycles. The molecule has 0 saturated carbocycles. The molecule has 0 bridgehead atoms. The van der Waals surface area contributed by atoms with Crippen LogP contribution < -0.4 is 26.5 Å². The molecule has 2 rings (SSSR count). The van der Waals surface area contributed by atoms with E-state index in [2.05, 4.69) is 15.3 Å². The lowest BCUT2D eigenvalue weighted by molar-refractivity contribution is 0.102. The number of rotatable bonds is 4. The Morgan fingerprint density at radius 3 is 2.65 bits per heavy atom. The first-order valence-corrected chi connectivity index (χ1v) is 7.64. The normalized spacial score (nSPS) is 11.0. The molecule has 0 unspecified atom stereocenters. The van der Waals surface area contributed by atoms with Crippen LogP contribution in [0.5, 0.6) is 5.75 Å². The number of nitrogens with one attached hydrogen (secondary N) is 2. The van der Waals surface area contributed by atoms with E-state index in [1.165, 1.54) is 13.2 Å².